The van der Waals surface area contributed by atoms with Crippen molar-refractivity contribution in [3.05, 3.63) is 12.4 Å². The third kappa shape index (κ3) is 2.53. The molecule has 1 N–H and O–H groups in total. The Balaban J connectivity index is 1.64. The first-order chi connectivity index (χ1) is 10.0. The van der Waals surface area contributed by atoms with Gasteiger partial charge in [-0.2, -0.15) is 9.78 Å². The zero-order valence-electron chi connectivity index (χ0n) is 12.5. The summed E-state index contributed by atoms with van der Waals surface area (Å²) in [7, 11) is 1.67. The molecule has 0 radical (unpaired) electrons. The Kier molecular flexibility index (Phi) is 3.44. The van der Waals surface area contributed by atoms with Gasteiger partial charge in [0.25, 0.3) is 0 Å². The van der Waals surface area contributed by atoms with E-state index in [2.05, 4.69) is 10.4 Å². The van der Waals surface area contributed by atoms with Crippen molar-refractivity contribution in [2.24, 2.45) is 5.41 Å². The van der Waals surface area contributed by atoms with Crippen molar-refractivity contribution in [1.29, 1.82) is 0 Å². The third-order valence-electron chi connectivity index (χ3n) is 4.72. The third-order valence-corrected chi connectivity index (χ3v) is 4.72. The number of hydrogen-bond acceptors (Lipinski definition) is 4. The Labute approximate surface area is 123 Å². The van der Waals surface area contributed by atoms with Crippen LogP contribution in [0.2, 0.25) is 0 Å². The van der Waals surface area contributed by atoms with E-state index in [-0.39, 0.29) is 11.9 Å². The highest BCUT2D eigenvalue weighted by molar-refractivity contribution is 5.91. The van der Waals surface area contributed by atoms with Gasteiger partial charge < -0.3 is 15.1 Å². The second-order valence-electron chi connectivity index (χ2n) is 6.09. The predicted molar refractivity (Wildman–Crippen MR) is 78.2 cm³/mol. The van der Waals surface area contributed by atoms with Crippen LogP contribution in [0.3, 0.4) is 0 Å². The van der Waals surface area contributed by atoms with E-state index in [1.165, 1.54) is 16.5 Å². The zero-order chi connectivity index (χ0) is 15.0. The summed E-state index contributed by atoms with van der Waals surface area (Å²) in [6, 6.07) is -0.111. The fraction of sp³-hybridized carbons (Fsp3) is 0.643. The second kappa shape index (κ2) is 5.14. The van der Waals surface area contributed by atoms with E-state index >= 15 is 0 Å². The van der Waals surface area contributed by atoms with E-state index in [1.807, 2.05) is 4.90 Å². The molecule has 0 bridgehead atoms. The van der Waals surface area contributed by atoms with Gasteiger partial charge in [0, 0.05) is 40.2 Å². The summed E-state index contributed by atoms with van der Waals surface area (Å²) in [6.45, 7) is 5.18. The smallest absolute Gasteiger partial charge is 0.323 e. The molecule has 0 unspecified atom stereocenters. The van der Waals surface area contributed by atoms with Gasteiger partial charge >= 0.3 is 6.03 Å². The summed E-state index contributed by atoms with van der Waals surface area (Å²) in [5, 5.41) is 7.40. The van der Waals surface area contributed by atoms with Gasteiger partial charge in [-0.25, -0.2) is 4.79 Å². The minimum atomic E-state index is -0.111. The van der Waals surface area contributed by atoms with E-state index in [1.54, 1.807) is 19.4 Å². The first-order valence-electron chi connectivity index (χ1n) is 7.30. The molecule has 114 valence electrons. The van der Waals surface area contributed by atoms with Crippen molar-refractivity contribution >= 4 is 17.6 Å². The van der Waals surface area contributed by atoms with Crippen molar-refractivity contribution in [3.63, 3.8) is 0 Å². The standard InChI is InChI=1S/C14H21N5O2/c1-11(20)17(2)12-7-16-19(8-12)13(21)18-5-3-14(4-6-18)9-15-10-14/h7-8,15H,3-6,9-10H2,1-2H3. The monoisotopic (exact) mass is 291 g/mol. The first-order valence-corrected chi connectivity index (χ1v) is 7.30. The molecule has 3 heterocycles. The largest absolute Gasteiger partial charge is 0.344 e. The Bertz CT molecular complexity index is 553. The van der Waals surface area contributed by atoms with Crippen molar-refractivity contribution < 1.29 is 9.59 Å². The molecule has 1 aromatic heterocycles. The van der Waals surface area contributed by atoms with Crippen molar-refractivity contribution in [1.82, 2.24) is 20.0 Å². The van der Waals surface area contributed by atoms with Gasteiger partial charge in [0.2, 0.25) is 5.91 Å². The maximum atomic E-state index is 12.4. The van der Waals surface area contributed by atoms with Crippen LogP contribution in [0.25, 0.3) is 0 Å². The summed E-state index contributed by atoms with van der Waals surface area (Å²) >= 11 is 0. The molecule has 2 fully saturated rings. The summed E-state index contributed by atoms with van der Waals surface area (Å²) in [4.78, 5) is 27.1. The lowest BCUT2D eigenvalue weighted by Crippen LogP contribution is -2.59. The van der Waals surface area contributed by atoms with Crippen LogP contribution in [0, 0.1) is 5.41 Å². The topological polar surface area (TPSA) is 70.5 Å². The number of piperidine rings is 1. The van der Waals surface area contributed by atoms with Crippen molar-refractivity contribution in [2.45, 2.75) is 19.8 Å². The minimum Gasteiger partial charge on any atom is -0.323 e. The zero-order valence-corrected chi connectivity index (χ0v) is 12.5. The molecule has 7 heteroatoms. The van der Waals surface area contributed by atoms with Gasteiger partial charge in [0.05, 0.1) is 18.1 Å². The number of hydrogen-bond donors (Lipinski definition) is 1. The molecule has 2 aliphatic heterocycles. The number of nitrogens with zero attached hydrogens (tertiary/aromatic N) is 4. The Morgan fingerprint density at radius 3 is 2.52 bits per heavy atom. The van der Waals surface area contributed by atoms with Gasteiger partial charge in [0.1, 0.15) is 0 Å². The number of amides is 2. The molecule has 3 rings (SSSR count). The Morgan fingerprint density at radius 1 is 1.33 bits per heavy atom. The lowest BCUT2D eigenvalue weighted by Gasteiger charge is -2.48. The fourth-order valence-corrected chi connectivity index (χ4v) is 2.92. The van der Waals surface area contributed by atoms with E-state index in [4.69, 9.17) is 0 Å². The van der Waals surface area contributed by atoms with E-state index in [9.17, 15) is 9.59 Å². The van der Waals surface area contributed by atoms with Crippen LogP contribution in [-0.4, -0.2) is 59.8 Å². The number of carbonyl (C=O) groups is 2. The average molecular weight is 291 g/mol. The SMILES string of the molecule is CC(=O)N(C)c1cnn(C(=O)N2CCC3(CC2)CNC3)c1. The maximum absolute atomic E-state index is 12.4. The first kappa shape index (κ1) is 14.1. The molecule has 0 aromatic carbocycles. The molecule has 1 spiro atoms. The highest BCUT2D eigenvalue weighted by Crippen LogP contribution is 2.35. The lowest BCUT2D eigenvalue weighted by atomic mass is 9.73. The summed E-state index contributed by atoms with van der Waals surface area (Å²) in [6.07, 6.45) is 5.25. The summed E-state index contributed by atoms with van der Waals surface area (Å²) in [5.41, 5.74) is 1.05. The minimum absolute atomic E-state index is 0.0839. The van der Waals surface area contributed by atoms with Crippen LogP contribution in [-0.2, 0) is 4.79 Å². The Morgan fingerprint density at radius 2 is 2.00 bits per heavy atom. The lowest BCUT2D eigenvalue weighted by molar-refractivity contribution is -0.116. The molecule has 0 saturated carbocycles. The number of likely N-dealkylation sites (tertiary alicyclic amines) is 1. The number of rotatable bonds is 1. The highest BCUT2D eigenvalue weighted by atomic mass is 16.2. The number of nitrogens with one attached hydrogen (secondary N) is 1. The van der Waals surface area contributed by atoms with Crippen LogP contribution in [0.15, 0.2) is 12.4 Å². The molecule has 21 heavy (non-hydrogen) atoms. The molecule has 2 amide bonds. The number of anilines is 1. The Hall–Kier alpha value is -1.89. The van der Waals surface area contributed by atoms with Crippen LogP contribution in [0.4, 0.5) is 10.5 Å². The number of carbonyl (C=O) groups excluding carboxylic acids is 2. The van der Waals surface area contributed by atoms with E-state index in [0.29, 0.717) is 11.1 Å². The maximum Gasteiger partial charge on any atom is 0.344 e. The molecule has 2 aliphatic rings. The molecular weight excluding hydrogens is 270 g/mol. The molecule has 2 saturated heterocycles. The van der Waals surface area contributed by atoms with Crippen molar-refractivity contribution in [3.8, 4) is 0 Å². The van der Waals surface area contributed by atoms with Crippen LogP contribution in [0.5, 0.6) is 0 Å². The van der Waals surface area contributed by atoms with Gasteiger partial charge in [-0.05, 0) is 18.3 Å². The number of aromatic nitrogens is 2. The van der Waals surface area contributed by atoms with Gasteiger partial charge in [-0.1, -0.05) is 0 Å². The van der Waals surface area contributed by atoms with E-state index in [0.717, 1.165) is 39.0 Å². The second-order valence-corrected chi connectivity index (χ2v) is 6.09. The molecular formula is C14H21N5O2. The highest BCUT2D eigenvalue weighted by Gasteiger charge is 2.40. The summed E-state index contributed by atoms with van der Waals surface area (Å²) < 4.78 is 1.33. The molecule has 7 nitrogen and oxygen atoms in total. The average Bonchev–Trinajstić information content (AvgIpc) is 2.93. The molecule has 1 aromatic rings. The van der Waals surface area contributed by atoms with Crippen LogP contribution >= 0.6 is 0 Å². The quantitative estimate of drug-likeness (QED) is 0.819. The van der Waals surface area contributed by atoms with Crippen LogP contribution in [0.1, 0.15) is 19.8 Å². The molecule has 0 aliphatic carbocycles. The van der Waals surface area contributed by atoms with E-state index < -0.39 is 0 Å². The van der Waals surface area contributed by atoms with Crippen LogP contribution < -0.4 is 10.2 Å². The fourth-order valence-electron chi connectivity index (χ4n) is 2.92. The summed E-state index contributed by atoms with van der Waals surface area (Å²) in [5.74, 6) is -0.0839. The van der Waals surface area contributed by atoms with Crippen molar-refractivity contribution in [2.75, 3.05) is 38.1 Å². The normalized spacial score (nSPS) is 20.2. The van der Waals surface area contributed by atoms with Gasteiger partial charge in [-0.3, -0.25) is 4.79 Å². The van der Waals surface area contributed by atoms with Gasteiger partial charge in [-0.15, -0.1) is 0 Å². The predicted octanol–water partition coefficient (Wildman–Crippen LogP) is 0.519. The molecule has 0 atom stereocenters. The van der Waals surface area contributed by atoms with Gasteiger partial charge in [0.15, 0.2) is 0 Å².